The third-order valence-corrected chi connectivity index (χ3v) is 5.36. The molecule has 2 aromatic rings. The summed E-state index contributed by atoms with van der Waals surface area (Å²) in [4.78, 5) is 26.5. The smallest absolute Gasteiger partial charge is 0.272 e. The van der Waals surface area contributed by atoms with Gasteiger partial charge in [0.15, 0.2) is 11.5 Å². The SMILES string of the molecule is COc1cc(C(=O)N(CC(C)C#N)NC(=O)c2ccc3c(c2C)OCCO3)cc(OC)c1C. The molecule has 174 valence electrons. The van der Waals surface area contributed by atoms with Gasteiger partial charge in [0.2, 0.25) is 0 Å². The Balaban J connectivity index is 1.93. The minimum absolute atomic E-state index is 0.0107. The highest BCUT2D eigenvalue weighted by Crippen LogP contribution is 2.35. The van der Waals surface area contributed by atoms with Crippen LogP contribution in [0.1, 0.15) is 38.8 Å². The molecule has 9 nitrogen and oxygen atoms in total. The Morgan fingerprint density at radius 3 is 2.36 bits per heavy atom. The first-order valence-corrected chi connectivity index (χ1v) is 10.4. The Morgan fingerprint density at radius 1 is 1.12 bits per heavy atom. The van der Waals surface area contributed by atoms with Gasteiger partial charge in [0.1, 0.15) is 24.7 Å². The predicted molar refractivity (Wildman–Crippen MR) is 120 cm³/mol. The Bertz CT molecular complexity index is 1080. The second-order valence-electron chi connectivity index (χ2n) is 7.65. The van der Waals surface area contributed by atoms with Crippen molar-refractivity contribution in [3.8, 4) is 29.1 Å². The molecule has 1 aliphatic rings. The lowest BCUT2D eigenvalue weighted by atomic mass is 10.1. The molecule has 2 amide bonds. The number of hydrogen-bond acceptors (Lipinski definition) is 7. The molecule has 0 bridgehead atoms. The van der Waals surface area contributed by atoms with Crippen molar-refractivity contribution in [2.45, 2.75) is 20.8 Å². The number of hydrogen-bond donors (Lipinski definition) is 1. The minimum atomic E-state index is -0.523. The molecule has 1 atom stereocenters. The van der Waals surface area contributed by atoms with Crippen LogP contribution in [0.3, 0.4) is 0 Å². The van der Waals surface area contributed by atoms with Crippen molar-refractivity contribution in [3.63, 3.8) is 0 Å². The van der Waals surface area contributed by atoms with E-state index >= 15 is 0 Å². The van der Waals surface area contributed by atoms with Crippen LogP contribution in [-0.4, -0.2) is 50.8 Å². The van der Waals surface area contributed by atoms with Crippen LogP contribution < -0.4 is 24.4 Å². The van der Waals surface area contributed by atoms with Gasteiger partial charge in [0.25, 0.3) is 11.8 Å². The number of nitriles is 1. The summed E-state index contributed by atoms with van der Waals surface area (Å²) in [5.41, 5.74) is 4.57. The van der Waals surface area contributed by atoms with Crippen LogP contribution in [0.5, 0.6) is 23.0 Å². The van der Waals surface area contributed by atoms with Gasteiger partial charge in [-0.3, -0.25) is 15.0 Å². The van der Waals surface area contributed by atoms with Crippen LogP contribution in [-0.2, 0) is 0 Å². The van der Waals surface area contributed by atoms with Gasteiger partial charge in [-0.2, -0.15) is 5.26 Å². The number of ether oxygens (including phenoxy) is 4. The summed E-state index contributed by atoms with van der Waals surface area (Å²) in [6, 6.07) is 8.52. The van der Waals surface area contributed by atoms with E-state index in [4.69, 9.17) is 18.9 Å². The molecule has 33 heavy (non-hydrogen) atoms. The Hall–Kier alpha value is -3.93. The fourth-order valence-electron chi connectivity index (χ4n) is 3.54. The van der Waals surface area contributed by atoms with E-state index in [-0.39, 0.29) is 12.1 Å². The van der Waals surface area contributed by atoms with Crippen molar-refractivity contribution in [2.75, 3.05) is 34.0 Å². The lowest BCUT2D eigenvalue weighted by molar-refractivity contribution is 0.0566. The second kappa shape index (κ2) is 10.1. The maximum Gasteiger partial charge on any atom is 0.272 e. The number of benzene rings is 2. The summed E-state index contributed by atoms with van der Waals surface area (Å²) in [6.07, 6.45) is 0. The largest absolute Gasteiger partial charge is 0.496 e. The Labute approximate surface area is 192 Å². The molecule has 0 aliphatic carbocycles. The van der Waals surface area contributed by atoms with Crippen LogP contribution in [0.25, 0.3) is 0 Å². The van der Waals surface area contributed by atoms with Gasteiger partial charge in [-0.15, -0.1) is 0 Å². The first kappa shape index (κ1) is 23.7. The molecule has 1 aliphatic heterocycles. The quantitative estimate of drug-likeness (QED) is 0.670. The number of rotatable bonds is 6. The van der Waals surface area contributed by atoms with Crippen LogP contribution in [0.15, 0.2) is 24.3 Å². The van der Waals surface area contributed by atoms with E-state index in [1.807, 2.05) is 6.92 Å². The van der Waals surface area contributed by atoms with Crippen LogP contribution in [0.2, 0.25) is 0 Å². The molecule has 9 heteroatoms. The third-order valence-electron chi connectivity index (χ3n) is 5.36. The minimum Gasteiger partial charge on any atom is -0.496 e. The topological polar surface area (TPSA) is 110 Å². The number of amides is 2. The fourth-order valence-corrected chi connectivity index (χ4v) is 3.54. The van der Waals surface area contributed by atoms with Crippen LogP contribution in [0.4, 0.5) is 0 Å². The average Bonchev–Trinajstić information content (AvgIpc) is 2.83. The molecule has 0 aromatic heterocycles. The number of nitrogens with one attached hydrogen (secondary N) is 1. The lowest BCUT2D eigenvalue weighted by Crippen LogP contribution is -2.48. The first-order valence-electron chi connectivity index (χ1n) is 10.4. The van der Waals surface area contributed by atoms with Gasteiger partial charge in [-0.1, -0.05) is 0 Å². The molecular formula is C24H27N3O6. The van der Waals surface area contributed by atoms with E-state index in [1.54, 1.807) is 38.1 Å². The van der Waals surface area contributed by atoms with Crippen LogP contribution in [0, 0.1) is 31.1 Å². The van der Waals surface area contributed by atoms with E-state index in [9.17, 15) is 14.9 Å². The molecular weight excluding hydrogens is 426 g/mol. The average molecular weight is 453 g/mol. The monoisotopic (exact) mass is 453 g/mol. The molecule has 0 radical (unpaired) electrons. The predicted octanol–water partition coefficient (Wildman–Crippen LogP) is 3.04. The summed E-state index contributed by atoms with van der Waals surface area (Å²) in [6.45, 7) is 6.05. The van der Waals surface area contributed by atoms with Gasteiger partial charge in [0, 0.05) is 22.3 Å². The van der Waals surface area contributed by atoms with E-state index in [1.165, 1.54) is 14.2 Å². The number of hydrazine groups is 1. The van der Waals surface area contributed by atoms with Gasteiger partial charge < -0.3 is 18.9 Å². The molecule has 3 rings (SSSR count). The zero-order valence-corrected chi connectivity index (χ0v) is 19.4. The highest BCUT2D eigenvalue weighted by Gasteiger charge is 2.26. The van der Waals surface area contributed by atoms with Gasteiger partial charge in [-0.05, 0) is 45.0 Å². The highest BCUT2D eigenvalue weighted by molar-refractivity contribution is 6.00. The molecule has 1 heterocycles. The highest BCUT2D eigenvalue weighted by atomic mass is 16.6. The maximum absolute atomic E-state index is 13.4. The lowest BCUT2D eigenvalue weighted by Gasteiger charge is -2.26. The third kappa shape index (κ3) is 4.95. The van der Waals surface area contributed by atoms with Crippen molar-refractivity contribution < 1.29 is 28.5 Å². The van der Waals surface area contributed by atoms with Crippen LogP contribution >= 0.6 is 0 Å². The van der Waals surface area contributed by atoms with Gasteiger partial charge in [0.05, 0.1) is 32.8 Å². The van der Waals surface area contributed by atoms with E-state index in [2.05, 4.69) is 11.5 Å². The normalized spacial score (nSPS) is 12.8. The van der Waals surface area contributed by atoms with Crippen molar-refractivity contribution in [1.82, 2.24) is 10.4 Å². The number of methoxy groups -OCH3 is 2. The van der Waals surface area contributed by atoms with Gasteiger partial charge >= 0.3 is 0 Å². The molecule has 2 aromatic carbocycles. The Morgan fingerprint density at radius 2 is 1.76 bits per heavy atom. The van der Waals surface area contributed by atoms with Crippen molar-refractivity contribution in [2.24, 2.45) is 5.92 Å². The van der Waals surface area contributed by atoms with Crippen molar-refractivity contribution in [1.29, 1.82) is 5.26 Å². The van der Waals surface area contributed by atoms with Crippen molar-refractivity contribution in [3.05, 3.63) is 46.5 Å². The summed E-state index contributed by atoms with van der Waals surface area (Å²) in [7, 11) is 3.00. The fraction of sp³-hybridized carbons (Fsp3) is 0.375. The molecule has 1 unspecified atom stereocenters. The molecule has 0 fully saturated rings. The molecule has 1 N–H and O–H groups in total. The summed E-state index contributed by atoms with van der Waals surface area (Å²) in [5.74, 6) is 0.487. The molecule has 0 saturated carbocycles. The van der Waals surface area contributed by atoms with E-state index in [0.717, 1.165) is 10.6 Å². The number of fused-ring (bicyclic) bond motifs is 1. The second-order valence-corrected chi connectivity index (χ2v) is 7.65. The number of carbonyl (C=O) groups excluding carboxylic acids is 2. The van der Waals surface area contributed by atoms with E-state index < -0.39 is 17.7 Å². The zero-order valence-electron chi connectivity index (χ0n) is 19.4. The standard InChI is InChI=1S/C24H27N3O6/c1-14(12-25)13-27(24(29)17-10-20(30-4)16(3)21(11-17)31-5)26-23(28)18-6-7-19-22(15(18)2)33-9-8-32-19/h6-7,10-11,14H,8-9,13H2,1-5H3,(H,26,28). The number of nitrogens with zero attached hydrogens (tertiary/aromatic N) is 2. The van der Waals surface area contributed by atoms with Crippen molar-refractivity contribution >= 4 is 11.8 Å². The van der Waals surface area contributed by atoms with Gasteiger partial charge in [-0.25, -0.2) is 5.01 Å². The molecule has 0 saturated heterocycles. The Kier molecular flexibility index (Phi) is 7.28. The summed E-state index contributed by atoms with van der Waals surface area (Å²) < 4.78 is 21.9. The summed E-state index contributed by atoms with van der Waals surface area (Å²) in [5, 5.41) is 10.4. The molecule has 0 spiro atoms. The maximum atomic E-state index is 13.4. The number of carbonyl (C=O) groups is 2. The summed E-state index contributed by atoms with van der Waals surface area (Å²) >= 11 is 0. The first-order chi connectivity index (χ1) is 15.8. The zero-order chi connectivity index (χ0) is 24.1. The van der Waals surface area contributed by atoms with E-state index in [0.29, 0.717) is 47.3 Å².